The molecule has 0 aliphatic carbocycles. The van der Waals surface area contributed by atoms with Crippen molar-refractivity contribution in [1.29, 1.82) is 0 Å². The van der Waals surface area contributed by atoms with Crippen molar-refractivity contribution < 1.29 is 19.4 Å². The largest absolute Gasteiger partial charge is 0.497 e. The number of aliphatic carboxylic acids is 1. The Morgan fingerprint density at radius 3 is 2.59 bits per heavy atom. The molecule has 2 aromatic rings. The Labute approximate surface area is 131 Å². The first-order chi connectivity index (χ1) is 10.5. The van der Waals surface area contributed by atoms with Gasteiger partial charge in [-0.15, -0.1) is 11.3 Å². The van der Waals surface area contributed by atoms with Crippen LogP contribution in [-0.4, -0.2) is 29.1 Å². The number of thiazole rings is 1. The van der Waals surface area contributed by atoms with Crippen LogP contribution in [0.5, 0.6) is 5.75 Å². The maximum Gasteiger partial charge on any atom is 0.328 e. The quantitative estimate of drug-likeness (QED) is 0.828. The Balaban J connectivity index is 2.11. The third-order valence-electron chi connectivity index (χ3n) is 2.81. The number of nitrogens with one attached hydrogen (secondary N) is 1. The fourth-order valence-electron chi connectivity index (χ4n) is 1.67. The van der Waals surface area contributed by atoms with Crippen LogP contribution in [0.4, 0.5) is 5.13 Å². The van der Waals surface area contributed by atoms with Crippen molar-refractivity contribution in [1.82, 2.24) is 4.98 Å². The lowest BCUT2D eigenvalue weighted by Gasteiger charge is -2.01. The second kappa shape index (κ2) is 6.86. The second-order valence-corrected chi connectivity index (χ2v) is 5.24. The summed E-state index contributed by atoms with van der Waals surface area (Å²) in [5.74, 6) is -0.898. The number of nitrogens with zero attached hydrogens (tertiary/aromatic N) is 1. The number of aromatic nitrogens is 1. The van der Waals surface area contributed by atoms with E-state index < -0.39 is 11.9 Å². The topological polar surface area (TPSA) is 88.5 Å². The van der Waals surface area contributed by atoms with Gasteiger partial charge in [0, 0.05) is 22.6 Å². The van der Waals surface area contributed by atoms with Gasteiger partial charge in [-0.05, 0) is 31.2 Å². The van der Waals surface area contributed by atoms with E-state index in [0.717, 1.165) is 23.1 Å². The molecule has 1 aromatic heterocycles. The Hall–Kier alpha value is -2.67. The first-order valence-electron chi connectivity index (χ1n) is 6.32. The van der Waals surface area contributed by atoms with Crippen molar-refractivity contribution in [2.75, 3.05) is 12.4 Å². The minimum atomic E-state index is -1.16. The van der Waals surface area contributed by atoms with Crippen molar-refractivity contribution >= 4 is 28.3 Å². The van der Waals surface area contributed by atoms with E-state index in [9.17, 15) is 9.59 Å². The van der Waals surface area contributed by atoms with Crippen LogP contribution in [0.3, 0.4) is 0 Å². The molecule has 0 saturated heterocycles. The monoisotopic (exact) mass is 318 g/mol. The van der Waals surface area contributed by atoms with Crippen molar-refractivity contribution in [3.05, 3.63) is 41.3 Å². The predicted octanol–water partition coefficient (Wildman–Crippen LogP) is 2.79. The lowest BCUT2D eigenvalue weighted by atomic mass is 10.2. The summed E-state index contributed by atoms with van der Waals surface area (Å²) in [5, 5.41) is 13.4. The van der Waals surface area contributed by atoms with Gasteiger partial charge in [-0.2, -0.15) is 0 Å². The normalized spacial score (nSPS) is 11.1. The van der Waals surface area contributed by atoms with Gasteiger partial charge < -0.3 is 9.84 Å². The number of amides is 1. The molecule has 0 aliphatic heterocycles. The average molecular weight is 318 g/mol. The summed E-state index contributed by atoms with van der Waals surface area (Å²) in [4.78, 5) is 26.6. The second-order valence-electron chi connectivity index (χ2n) is 4.39. The Morgan fingerprint density at radius 2 is 2.00 bits per heavy atom. The van der Waals surface area contributed by atoms with Crippen LogP contribution in [0, 0.1) is 0 Å². The highest BCUT2D eigenvalue weighted by molar-refractivity contribution is 7.14. The fraction of sp³-hybridized carbons (Fsp3) is 0.133. The molecule has 22 heavy (non-hydrogen) atoms. The minimum Gasteiger partial charge on any atom is -0.497 e. The first-order valence-corrected chi connectivity index (χ1v) is 7.20. The Bertz CT molecular complexity index is 719. The molecule has 0 spiro atoms. The van der Waals surface area contributed by atoms with E-state index in [-0.39, 0.29) is 5.57 Å². The van der Waals surface area contributed by atoms with Gasteiger partial charge >= 0.3 is 5.97 Å². The molecule has 6 nitrogen and oxygen atoms in total. The highest BCUT2D eigenvalue weighted by Crippen LogP contribution is 2.26. The van der Waals surface area contributed by atoms with Crippen molar-refractivity contribution in [3.8, 4) is 17.0 Å². The molecular weight excluding hydrogens is 304 g/mol. The molecule has 0 fully saturated rings. The fourth-order valence-corrected chi connectivity index (χ4v) is 2.39. The van der Waals surface area contributed by atoms with Crippen LogP contribution >= 0.6 is 11.3 Å². The number of carbonyl (C=O) groups is 2. The third-order valence-corrected chi connectivity index (χ3v) is 3.57. The summed E-state index contributed by atoms with van der Waals surface area (Å²) in [7, 11) is 1.60. The smallest absolute Gasteiger partial charge is 0.328 e. The van der Waals surface area contributed by atoms with E-state index in [1.807, 2.05) is 29.6 Å². The maximum atomic E-state index is 11.8. The highest BCUT2D eigenvalue weighted by Gasteiger charge is 2.10. The molecule has 2 N–H and O–H groups in total. The van der Waals surface area contributed by atoms with Gasteiger partial charge in [0.25, 0.3) is 5.91 Å². The van der Waals surface area contributed by atoms with Gasteiger partial charge in [0.15, 0.2) is 5.13 Å². The van der Waals surface area contributed by atoms with Gasteiger partial charge in [0.1, 0.15) is 5.75 Å². The van der Waals surface area contributed by atoms with Crippen molar-refractivity contribution in [2.24, 2.45) is 0 Å². The predicted molar refractivity (Wildman–Crippen MR) is 84.1 cm³/mol. The van der Waals surface area contributed by atoms with Crippen LogP contribution < -0.4 is 10.1 Å². The number of ether oxygens (including phenoxy) is 1. The number of benzene rings is 1. The van der Waals surface area contributed by atoms with Gasteiger partial charge in [-0.3, -0.25) is 10.1 Å². The van der Waals surface area contributed by atoms with Crippen molar-refractivity contribution in [3.63, 3.8) is 0 Å². The Kier molecular flexibility index (Phi) is 4.90. The summed E-state index contributed by atoms with van der Waals surface area (Å²) in [5.41, 5.74) is 1.73. The molecule has 0 unspecified atom stereocenters. The van der Waals surface area contributed by atoms with Gasteiger partial charge in [0.05, 0.1) is 12.8 Å². The van der Waals surface area contributed by atoms with E-state index in [1.54, 1.807) is 7.11 Å². The molecule has 1 heterocycles. The van der Waals surface area contributed by atoms with Gasteiger partial charge in [-0.1, -0.05) is 0 Å². The number of hydrogen-bond donors (Lipinski definition) is 2. The third kappa shape index (κ3) is 3.92. The Morgan fingerprint density at radius 1 is 1.32 bits per heavy atom. The molecule has 0 saturated carbocycles. The van der Waals surface area contributed by atoms with Crippen LogP contribution in [0.2, 0.25) is 0 Å². The zero-order valence-corrected chi connectivity index (χ0v) is 12.8. The van der Waals surface area contributed by atoms with E-state index in [0.29, 0.717) is 5.13 Å². The molecule has 114 valence electrons. The number of rotatable bonds is 5. The van der Waals surface area contributed by atoms with E-state index in [4.69, 9.17) is 9.84 Å². The zero-order valence-electron chi connectivity index (χ0n) is 12.0. The standard InChI is InChI=1S/C15H14N2O4S/c1-9(7-13(18)19)14(20)17-15-16-12(8-22-15)10-3-5-11(21-2)6-4-10/h3-8H,1-2H3,(H,18,19)(H,16,17,20)/b9-7+. The number of methoxy groups -OCH3 is 1. The van der Waals surface area contributed by atoms with Crippen LogP contribution in [0.1, 0.15) is 6.92 Å². The number of anilines is 1. The van der Waals surface area contributed by atoms with E-state index in [1.165, 1.54) is 18.3 Å². The molecular formula is C15H14N2O4S. The molecule has 0 aliphatic rings. The van der Waals surface area contributed by atoms with Crippen LogP contribution in [0.15, 0.2) is 41.3 Å². The van der Waals surface area contributed by atoms with E-state index >= 15 is 0 Å². The van der Waals surface area contributed by atoms with Crippen LogP contribution in [-0.2, 0) is 9.59 Å². The summed E-state index contributed by atoms with van der Waals surface area (Å²) in [6, 6.07) is 7.39. The first kappa shape index (κ1) is 15.7. The molecule has 0 bridgehead atoms. The average Bonchev–Trinajstić information content (AvgIpc) is 2.95. The lowest BCUT2D eigenvalue weighted by Crippen LogP contribution is -2.13. The molecule has 1 amide bonds. The zero-order chi connectivity index (χ0) is 16.1. The molecule has 7 heteroatoms. The van der Waals surface area contributed by atoms with Gasteiger partial charge in [0.2, 0.25) is 0 Å². The lowest BCUT2D eigenvalue weighted by molar-refractivity contribution is -0.131. The van der Waals surface area contributed by atoms with Crippen LogP contribution in [0.25, 0.3) is 11.3 Å². The number of carboxylic acid groups (broad SMARTS) is 1. The van der Waals surface area contributed by atoms with Crippen molar-refractivity contribution in [2.45, 2.75) is 6.92 Å². The van der Waals surface area contributed by atoms with E-state index in [2.05, 4.69) is 10.3 Å². The number of carbonyl (C=O) groups excluding carboxylic acids is 1. The maximum absolute atomic E-state index is 11.8. The SMILES string of the molecule is COc1ccc(-c2csc(NC(=O)/C(C)=C/C(=O)O)n2)cc1. The molecule has 1 aromatic carbocycles. The number of hydrogen-bond acceptors (Lipinski definition) is 5. The summed E-state index contributed by atoms with van der Waals surface area (Å²) in [6.45, 7) is 1.43. The highest BCUT2D eigenvalue weighted by atomic mass is 32.1. The molecule has 0 atom stereocenters. The molecule has 2 rings (SSSR count). The summed E-state index contributed by atoms with van der Waals surface area (Å²) >= 11 is 1.27. The van der Waals surface area contributed by atoms with Gasteiger partial charge in [-0.25, -0.2) is 9.78 Å². The summed E-state index contributed by atoms with van der Waals surface area (Å²) < 4.78 is 5.09. The number of carboxylic acids is 1. The summed E-state index contributed by atoms with van der Waals surface area (Å²) in [6.07, 6.45) is 0.854. The molecule has 0 radical (unpaired) electrons. The minimum absolute atomic E-state index is 0.105.